The van der Waals surface area contributed by atoms with E-state index in [1.54, 1.807) is 18.3 Å². The number of anilines is 1. The third-order valence-electron chi connectivity index (χ3n) is 4.84. The molecule has 31 heavy (non-hydrogen) atoms. The van der Waals surface area contributed by atoms with Crippen LogP contribution in [-0.2, 0) is 16.1 Å². The SMILES string of the molecule is CC[C@@H](COC(=O)Nc1cc2ccccc2cn1)N(NCc1ccccc1Cl)C(C)=O. The number of rotatable bonds is 8. The van der Waals surface area contributed by atoms with Crippen molar-refractivity contribution in [2.45, 2.75) is 32.9 Å². The largest absolute Gasteiger partial charge is 0.447 e. The highest BCUT2D eigenvalue weighted by atomic mass is 35.5. The number of aromatic nitrogens is 1. The van der Waals surface area contributed by atoms with Crippen LogP contribution >= 0.6 is 11.6 Å². The van der Waals surface area contributed by atoms with Crippen molar-refractivity contribution in [3.8, 4) is 0 Å². The van der Waals surface area contributed by atoms with Crippen LogP contribution < -0.4 is 10.7 Å². The molecule has 7 nitrogen and oxygen atoms in total. The summed E-state index contributed by atoms with van der Waals surface area (Å²) in [4.78, 5) is 28.7. The summed E-state index contributed by atoms with van der Waals surface area (Å²) in [5.41, 5.74) is 3.96. The fourth-order valence-electron chi connectivity index (χ4n) is 3.15. The number of halogens is 1. The minimum Gasteiger partial charge on any atom is -0.447 e. The summed E-state index contributed by atoms with van der Waals surface area (Å²) in [5.74, 6) is 0.219. The second-order valence-electron chi connectivity index (χ2n) is 7.02. The lowest BCUT2D eigenvalue weighted by atomic mass is 10.2. The average molecular weight is 441 g/mol. The predicted octanol–water partition coefficient (Wildman–Crippen LogP) is 4.77. The van der Waals surface area contributed by atoms with Gasteiger partial charge in [-0.15, -0.1) is 0 Å². The molecule has 0 radical (unpaired) electrons. The summed E-state index contributed by atoms with van der Waals surface area (Å²) in [6.45, 7) is 3.79. The monoisotopic (exact) mass is 440 g/mol. The molecule has 1 heterocycles. The lowest BCUT2D eigenvalue weighted by Gasteiger charge is -2.30. The lowest BCUT2D eigenvalue weighted by Crippen LogP contribution is -2.50. The lowest BCUT2D eigenvalue weighted by molar-refractivity contribution is -0.136. The summed E-state index contributed by atoms with van der Waals surface area (Å²) in [7, 11) is 0. The molecule has 2 amide bonds. The number of nitrogens with zero attached hydrogens (tertiary/aromatic N) is 2. The number of carbonyl (C=O) groups is 2. The van der Waals surface area contributed by atoms with Crippen LogP contribution in [0.1, 0.15) is 25.8 Å². The average Bonchev–Trinajstić information content (AvgIpc) is 2.76. The van der Waals surface area contributed by atoms with Gasteiger partial charge in [0.05, 0.1) is 6.04 Å². The van der Waals surface area contributed by atoms with E-state index in [9.17, 15) is 9.59 Å². The van der Waals surface area contributed by atoms with Crippen LogP contribution in [0.4, 0.5) is 10.6 Å². The molecule has 2 N–H and O–H groups in total. The summed E-state index contributed by atoms with van der Waals surface area (Å²) < 4.78 is 5.37. The maximum absolute atomic E-state index is 12.3. The maximum atomic E-state index is 12.3. The first kappa shape index (κ1) is 22.5. The molecule has 3 aromatic rings. The minimum absolute atomic E-state index is 0.0328. The molecule has 0 spiro atoms. The van der Waals surface area contributed by atoms with Crippen LogP contribution in [0.3, 0.4) is 0 Å². The van der Waals surface area contributed by atoms with Crippen LogP contribution in [0.25, 0.3) is 10.8 Å². The number of amides is 2. The first-order valence-electron chi connectivity index (χ1n) is 10.0. The van der Waals surface area contributed by atoms with E-state index in [1.807, 2.05) is 49.4 Å². The summed E-state index contributed by atoms with van der Waals surface area (Å²) in [5, 5.41) is 6.67. The Morgan fingerprint density at radius 1 is 1.13 bits per heavy atom. The molecule has 2 aromatic carbocycles. The molecule has 8 heteroatoms. The zero-order chi connectivity index (χ0) is 22.2. The summed E-state index contributed by atoms with van der Waals surface area (Å²) >= 11 is 6.19. The van der Waals surface area contributed by atoms with Gasteiger partial charge < -0.3 is 4.74 Å². The van der Waals surface area contributed by atoms with Crippen LogP contribution in [0.15, 0.2) is 60.8 Å². The molecule has 0 aliphatic heterocycles. The number of ether oxygens (including phenoxy) is 1. The van der Waals surface area contributed by atoms with E-state index in [4.69, 9.17) is 16.3 Å². The zero-order valence-corrected chi connectivity index (χ0v) is 18.2. The van der Waals surface area contributed by atoms with Crippen molar-refractivity contribution in [1.29, 1.82) is 0 Å². The number of fused-ring (bicyclic) bond motifs is 1. The van der Waals surface area contributed by atoms with Crippen molar-refractivity contribution in [3.63, 3.8) is 0 Å². The number of hydrogen-bond acceptors (Lipinski definition) is 5. The summed E-state index contributed by atoms with van der Waals surface area (Å²) in [6, 6.07) is 16.6. The van der Waals surface area contributed by atoms with Crippen LogP contribution in [0.5, 0.6) is 0 Å². The third-order valence-corrected chi connectivity index (χ3v) is 5.21. The molecule has 162 valence electrons. The first-order valence-corrected chi connectivity index (χ1v) is 10.4. The number of nitrogens with one attached hydrogen (secondary N) is 2. The molecule has 0 saturated carbocycles. The standard InChI is InChI=1S/C23H25ClN4O3/c1-3-20(28(16(2)29)26-14-19-10-6-7-11-21(19)24)15-31-23(30)27-22-12-17-8-4-5-9-18(17)13-25-22/h4-13,20,26H,3,14-15H2,1-2H3,(H,25,27,30)/t20-/m0/s1. The van der Waals surface area contributed by atoms with E-state index in [1.165, 1.54) is 11.9 Å². The van der Waals surface area contributed by atoms with Gasteiger partial charge in [0.2, 0.25) is 5.91 Å². The molecular weight excluding hydrogens is 416 g/mol. The van der Waals surface area contributed by atoms with E-state index >= 15 is 0 Å². The molecule has 1 atom stereocenters. The zero-order valence-electron chi connectivity index (χ0n) is 17.5. The molecular formula is C23H25ClN4O3. The molecule has 0 saturated heterocycles. The van der Waals surface area contributed by atoms with Gasteiger partial charge in [-0.3, -0.25) is 15.1 Å². The van der Waals surface area contributed by atoms with Crippen molar-refractivity contribution >= 4 is 40.2 Å². The highest BCUT2D eigenvalue weighted by Crippen LogP contribution is 2.17. The third kappa shape index (κ3) is 6.16. The van der Waals surface area contributed by atoms with Crippen molar-refractivity contribution in [1.82, 2.24) is 15.4 Å². The Morgan fingerprint density at radius 3 is 2.55 bits per heavy atom. The van der Waals surface area contributed by atoms with E-state index in [-0.39, 0.29) is 18.6 Å². The van der Waals surface area contributed by atoms with Gasteiger partial charge in [-0.25, -0.2) is 15.2 Å². The van der Waals surface area contributed by atoms with Gasteiger partial charge in [0.1, 0.15) is 12.4 Å². The Balaban J connectivity index is 1.57. The first-order chi connectivity index (χ1) is 15.0. The Labute approximate surface area is 186 Å². The van der Waals surface area contributed by atoms with Gasteiger partial charge in [-0.05, 0) is 29.5 Å². The molecule has 0 fully saturated rings. The van der Waals surface area contributed by atoms with Crippen molar-refractivity contribution < 1.29 is 14.3 Å². The van der Waals surface area contributed by atoms with Gasteiger partial charge in [0, 0.05) is 30.1 Å². The van der Waals surface area contributed by atoms with Crippen LogP contribution in [0, 0.1) is 0 Å². The highest BCUT2D eigenvalue weighted by molar-refractivity contribution is 6.31. The molecule has 0 unspecified atom stereocenters. The number of carbonyl (C=O) groups excluding carboxylic acids is 2. The molecule has 0 bridgehead atoms. The quantitative estimate of drug-likeness (QED) is 0.493. The minimum atomic E-state index is -0.629. The maximum Gasteiger partial charge on any atom is 0.412 e. The fraction of sp³-hybridized carbons (Fsp3) is 0.261. The summed E-state index contributed by atoms with van der Waals surface area (Å²) in [6.07, 6.45) is 1.66. The number of hydrogen-bond donors (Lipinski definition) is 2. The Kier molecular flexibility index (Phi) is 7.81. The van der Waals surface area contributed by atoms with E-state index in [2.05, 4.69) is 15.7 Å². The van der Waals surface area contributed by atoms with E-state index in [0.29, 0.717) is 23.8 Å². The van der Waals surface area contributed by atoms with Crippen molar-refractivity contribution in [2.75, 3.05) is 11.9 Å². The van der Waals surface area contributed by atoms with Gasteiger partial charge >= 0.3 is 6.09 Å². The molecule has 0 aliphatic rings. The second-order valence-corrected chi connectivity index (χ2v) is 7.42. The second kappa shape index (κ2) is 10.7. The van der Waals surface area contributed by atoms with E-state index in [0.717, 1.165) is 16.3 Å². The molecule has 1 aromatic heterocycles. The smallest absolute Gasteiger partial charge is 0.412 e. The van der Waals surface area contributed by atoms with E-state index < -0.39 is 6.09 Å². The number of pyridine rings is 1. The highest BCUT2D eigenvalue weighted by Gasteiger charge is 2.21. The van der Waals surface area contributed by atoms with Crippen LogP contribution in [0.2, 0.25) is 5.02 Å². The van der Waals surface area contributed by atoms with Crippen LogP contribution in [-0.4, -0.2) is 34.6 Å². The fourth-order valence-corrected chi connectivity index (χ4v) is 3.35. The normalized spacial score (nSPS) is 11.7. The Hall–Kier alpha value is -3.16. The van der Waals surface area contributed by atoms with Gasteiger partial charge in [-0.1, -0.05) is 61.0 Å². The predicted molar refractivity (Wildman–Crippen MR) is 122 cm³/mol. The van der Waals surface area contributed by atoms with Crippen molar-refractivity contribution in [2.24, 2.45) is 0 Å². The van der Waals surface area contributed by atoms with Gasteiger partial charge in [0.15, 0.2) is 0 Å². The Morgan fingerprint density at radius 2 is 1.84 bits per heavy atom. The van der Waals surface area contributed by atoms with Crippen molar-refractivity contribution in [3.05, 3.63) is 71.4 Å². The molecule has 3 rings (SSSR count). The number of benzene rings is 2. The van der Waals surface area contributed by atoms with Gasteiger partial charge in [0.25, 0.3) is 0 Å². The number of hydrazine groups is 1. The Bertz CT molecular complexity index is 1060. The molecule has 0 aliphatic carbocycles. The topological polar surface area (TPSA) is 83.6 Å². The van der Waals surface area contributed by atoms with Gasteiger partial charge in [-0.2, -0.15) is 0 Å².